The van der Waals surface area contributed by atoms with Gasteiger partial charge in [-0.25, -0.2) is 14.7 Å². The first-order chi connectivity index (χ1) is 10.5. The van der Waals surface area contributed by atoms with Gasteiger partial charge in [0, 0.05) is 13.0 Å². The highest BCUT2D eigenvalue weighted by Crippen LogP contribution is 2.15. The van der Waals surface area contributed by atoms with E-state index in [-0.39, 0.29) is 32.2 Å². The Kier molecular flexibility index (Phi) is 12.5. The first-order valence-electron chi connectivity index (χ1n) is 7.25. The lowest BCUT2D eigenvalue weighted by Crippen LogP contribution is -2.49. The molecule has 0 aromatic heterocycles. The fourth-order valence-electron chi connectivity index (χ4n) is 1.15. The summed E-state index contributed by atoms with van der Waals surface area (Å²) in [6.45, 7) is 11.4. The molecule has 0 unspecified atom stereocenters. The molecule has 8 nitrogen and oxygen atoms in total. The first kappa shape index (κ1) is 21.3. The molecule has 0 N–H and O–H groups in total. The van der Waals surface area contributed by atoms with E-state index in [9.17, 15) is 4.79 Å². The summed E-state index contributed by atoms with van der Waals surface area (Å²) in [7, 11) is -3.76. The van der Waals surface area contributed by atoms with E-state index in [0.29, 0.717) is 18.4 Å². The Balaban J connectivity index is 4.50. The van der Waals surface area contributed by atoms with Crippen LogP contribution in [0.25, 0.3) is 0 Å². The molecule has 0 atom stereocenters. The van der Waals surface area contributed by atoms with E-state index in [4.69, 9.17) is 32.8 Å². The number of carbonyl (C=O) groups is 1. The van der Waals surface area contributed by atoms with Gasteiger partial charge in [-0.3, -0.25) is 4.79 Å². The van der Waals surface area contributed by atoms with Crippen LogP contribution in [-0.2, 0) is 37.6 Å². The average molecular weight is 338 g/mol. The molecule has 0 spiro atoms. The molecule has 0 aliphatic heterocycles. The van der Waals surface area contributed by atoms with Crippen molar-refractivity contribution < 1.29 is 37.6 Å². The van der Waals surface area contributed by atoms with Crippen LogP contribution >= 0.6 is 0 Å². The van der Waals surface area contributed by atoms with Gasteiger partial charge in [-0.05, 0) is 39.7 Å². The van der Waals surface area contributed by atoms with Crippen LogP contribution in [0.15, 0.2) is 12.2 Å². The van der Waals surface area contributed by atoms with Crippen LogP contribution in [0.3, 0.4) is 0 Å². The van der Waals surface area contributed by atoms with Gasteiger partial charge in [0.15, 0.2) is 5.78 Å². The van der Waals surface area contributed by atoms with Crippen LogP contribution in [0, 0.1) is 0 Å². The van der Waals surface area contributed by atoms with E-state index >= 15 is 0 Å². The number of hydrogen-bond donors (Lipinski definition) is 0. The normalized spacial score (nSPS) is 11.6. The van der Waals surface area contributed by atoms with Gasteiger partial charge in [-0.2, -0.15) is 13.7 Å². The SMILES string of the molecule is C=C(C)C(=O)CCCO[Si](OOCC)(OOCC)OOCC. The minimum atomic E-state index is -3.76. The Morgan fingerprint density at radius 2 is 1.41 bits per heavy atom. The highest BCUT2D eigenvalue weighted by Gasteiger charge is 2.52. The number of rotatable bonds is 15. The minimum Gasteiger partial charge on any atom is -0.347 e. The maximum Gasteiger partial charge on any atom is 0.764 e. The Labute approximate surface area is 132 Å². The summed E-state index contributed by atoms with van der Waals surface area (Å²) in [5.74, 6) is -0.0296. The molecule has 22 heavy (non-hydrogen) atoms. The van der Waals surface area contributed by atoms with Crippen LogP contribution in [0.1, 0.15) is 40.5 Å². The fraction of sp³-hybridized carbons (Fsp3) is 0.769. The average Bonchev–Trinajstić information content (AvgIpc) is 2.52. The Morgan fingerprint density at radius 3 is 1.77 bits per heavy atom. The third-order valence-corrected chi connectivity index (χ3v) is 3.66. The first-order valence-corrected chi connectivity index (χ1v) is 8.89. The third-order valence-electron chi connectivity index (χ3n) is 2.14. The van der Waals surface area contributed by atoms with Crippen LogP contribution in [0.5, 0.6) is 0 Å². The molecule has 0 radical (unpaired) electrons. The second-order valence-corrected chi connectivity index (χ2v) is 5.91. The highest BCUT2D eigenvalue weighted by atomic mass is 28.4. The van der Waals surface area contributed by atoms with Gasteiger partial charge >= 0.3 is 9.05 Å². The molecule has 130 valence electrons. The number of hydrogen-bond acceptors (Lipinski definition) is 8. The van der Waals surface area contributed by atoms with E-state index < -0.39 is 9.05 Å². The van der Waals surface area contributed by atoms with Crippen molar-refractivity contribution in [1.82, 2.24) is 0 Å². The lowest BCUT2D eigenvalue weighted by Gasteiger charge is -2.23. The van der Waals surface area contributed by atoms with Gasteiger partial charge in [0.1, 0.15) is 0 Å². The van der Waals surface area contributed by atoms with Gasteiger partial charge in [0.2, 0.25) is 0 Å². The molecule has 0 bridgehead atoms. The second-order valence-electron chi connectivity index (χ2n) is 4.13. The summed E-state index contributed by atoms with van der Waals surface area (Å²) in [5.41, 5.74) is 0.505. The van der Waals surface area contributed by atoms with E-state index in [1.165, 1.54) is 0 Å². The molecule has 0 aliphatic rings. The van der Waals surface area contributed by atoms with Gasteiger partial charge in [0.05, 0.1) is 19.8 Å². The van der Waals surface area contributed by atoms with Crippen LogP contribution in [-0.4, -0.2) is 41.3 Å². The molecule has 0 rings (SSSR count). The maximum absolute atomic E-state index is 11.5. The van der Waals surface area contributed by atoms with E-state index in [1.807, 2.05) is 0 Å². The molecule has 0 aromatic rings. The Morgan fingerprint density at radius 1 is 0.955 bits per heavy atom. The Bertz CT molecular complexity index is 301. The van der Waals surface area contributed by atoms with Gasteiger partial charge in [-0.1, -0.05) is 6.58 Å². The summed E-state index contributed by atoms with van der Waals surface area (Å²) in [4.78, 5) is 26.0. The topological polar surface area (TPSA) is 81.7 Å². The van der Waals surface area contributed by atoms with Crippen LogP contribution in [0.2, 0.25) is 0 Å². The maximum atomic E-state index is 11.5. The van der Waals surface area contributed by atoms with Crippen molar-refractivity contribution in [2.45, 2.75) is 40.5 Å². The molecule has 0 aromatic carbocycles. The molecule has 0 amide bonds. The molecule has 0 saturated heterocycles. The van der Waals surface area contributed by atoms with Crippen molar-refractivity contribution in [3.05, 3.63) is 12.2 Å². The molecule has 0 saturated carbocycles. The summed E-state index contributed by atoms with van der Waals surface area (Å²) < 4.78 is 20.7. The summed E-state index contributed by atoms with van der Waals surface area (Å²) >= 11 is 0. The van der Waals surface area contributed by atoms with E-state index in [1.54, 1.807) is 27.7 Å². The van der Waals surface area contributed by atoms with Crippen molar-refractivity contribution in [3.8, 4) is 0 Å². The van der Waals surface area contributed by atoms with Crippen LogP contribution < -0.4 is 0 Å². The fourth-order valence-corrected chi connectivity index (χ4v) is 2.56. The van der Waals surface area contributed by atoms with Gasteiger partial charge in [-0.15, -0.1) is 0 Å². The molecular formula is C13H26O8Si. The van der Waals surface area contributed by atoms with E-state index in [2.05, 4.69) is 6.58 Å². The molecule has 0 heterocycles. The highest BCUT2D eigenvalue weighted by molar-refractivity contribution is 6.52. The predicted octanol–water partition coefficient (Wildman–Crippen LogP) is 2.27. The van der Waals surface area contributed by atoms with Crippen molar-refractivity contribution in [1.29, 1.82) is 0 Å². The zero-order chi connectivity index (χ0) is 16.8. The van der Waals surface area contributed by atoms with Crippen molar-refractivity contribution in [2.24, 2.45) is 0 Å². The lowest BCUT2D eigenvalue weighted by molar-refractivity contribution is -0.385. The molecule has 0 aliphatic carbocycles. The molecule has 0 fully saturated rings. The monoisotopic (exact) mass is 338 g/mol. The number of Topliss-reactive ketones (excluding diaryl/α,β-unsaturated/α-hetero) is 1. The largest absolute Gasteiger partial charge is 0.764 e. The second kappa shape index (κ2) is 12.8. The smallest absolute Gasteiger partial charge is 0.347 e. The summed E-state index contributed by atoms with van der Waals surface area (Å²) in [6.07, 6.45) is 0.749. The number of allylic oxidation sites excluding steroid dienone is 1. The van der Waals surface area contributed by atoms with Crippen LogP contribution in [0.4, 0.5) is 0 Å². The zero-order valence-corrected chi connectivity index (χ0v) is 14.7. The lowest BCUT2D eigenvalue weighted by atomic mass is 10.1. The van der Waals surface area contributed by atoms with Crippen molar-refractivity contribution in [3.63, 3.8) is 0 Å². The predicted molar refractivity (Wildman–Crippen MR) is 78.9 cm³/mol. The molecule has 9 heteroatoms. The summed E-state index contributed by atoms with van der Waals surface area (Å²) in [6, 6.07) is 0. The minimum absolute atomic E-state index is 0.0296. The number of ketones is 1. The summed E-state index contributed by atoms with van der Waals surface area (Å²) in [5, 5.41) is 0. The number of carbonyl (C=O) groups excluding carboxylic acids is 1. The molecular weight excluding hydrogens is 312 g/mol. The van der Waals surface area contributed by atoms with Crippen molar-refractivity contribution in [2.75, 3.05) is 26.4 Å². The third kappa shape index (κ3) is 9.38. The standard InChI is InChI=1S/C13H26O8Si/c1-6-15-19-22(20-16-7-2,21-17-8-3)18-11-9-10-13(14)12(4)5/h4,6-11H2,1-3,5H3. The van der Waals surface area contributed by atoms with Gasteiger partial charge < -0.3 is 4.43 Å². The van der Waals surface area contributed by atoms with E-state index in [0.717, 1.165) is 0 Å². The zero-order valence-electron chi connectivity index (χ0n) is 13.7. The van der Waals surface area contributed by atoms with Gasteiger partial charge in [0.25, 0.3) is 0 Å². The quantitative estimate of drug-likeness (QED) is 0.148. The van der Waals surface area contributed by atoms with Crippen molar-refractivity contribution >= 4 is 14.8 Å². The Hall–Kier alpha value is -0.653.